The SMILES string of the molecule is CC(C)NCC(O)CN(C)Cc1ccc(F)cc1. The molecule has 0 bridgehead atoms. The summed E-state index contributed by atoms with van der Waals surface area (Å²) in [5.41, 5.74) is 1.04. The highest BCUT2D eigenvalue weighted by atomic mass is 19.1. The van der Waals surface area contributed by atoms with Crippen LogP contribution < -0.4 is 5.32 Å². The molecule has 0 saturated carbocycles. The van der Waals surface area contributed by atoms with E-state index in [1.54, 1.807) is 12.1 Å². The van der Waals surface area contributed by atoms with Crippen LogP contribution in [-0.4, -0.2) is 42.3 Å². The van der Waals surface area contributed by atoms with Gasteiger partial charge in [-0.25, -0.2) is 4.39 Å². The van der Waals surface area contributed by atoms with Crippen molar-refractivity contribution in [2.24, 2.45) is 0 Å². The Bertz CT molecular complexity index is 340. The largest absolute Gasteiger partial charge is 0.390 e. The van der Waals surface area contributed by atoms with E-state index in [1.807, 2.05) is 11.9 Å². The number of nitrogens with zero attached hydrogens (tertiary/aromatic N) is 1. The number of hydrogen-bond acceptors (Lipinski definition) is 3. The summed E-state index contributed by atoms with van der Waals surface area (Å²) < 4.78 is 12.7. The third kappa shape index (κ3) is 6.10. The molecular weight excluding hydrogens is 231 g/mol. The summed E-state index contributed by atoms with van der Waals surface area (Å²) in [4.78, 5) is 2.03. The Morgan fingerprint density at radius 2 is 1.89 bits per heavy atom. The van der Waals surface area contributed by atoms with Crippen LogP contribution in [0.1, 0.15) is 19.4 Å². The number of aliphatic hydroxyl groups is 1. The number of benzene rings is 1. The molecule has 0 aliphatic rings. The first-order valence-electron chi connectivity index (χ1n) is 6.32. The molecule has 102 valence electrons. The summed E-state index contributed by atoms with van der Waals surface area (Å²) in [6.07, 6.45) is -0.391. The number of hydrogen-bond donors (Lipinski definition) is 2. The molecule has 4 heteroatoms. The van der Waals surface area contributed by atoms with Crippen molar-refractivity contribution in [3.8, 4) is 0 Å². The van der Waals surface area contributed by atoms with E-state index in [4.69, 9.17) is 0 Å². The molecular formula is C14H23FN2O. The molecule has 3 nitrogen and oxygen atoms in total. The minimum absolute atomic E-state index is 0.220. The maximum atomic E-state index is 12.7. The second-order valence-corrected chi connectivity index (χ2v) is 5.04. The molecule has 1 rings (SSSR count). The van der Waals surface area contributed by atoms with Gasteiger partial charge < -0.3 is 10.4 Å². The number of rotatable bonds is 7. The molecule has 18 heavy (non-hydrogen) atoms. The van der Waals surface area contributed by atoms with Gasteiger partial charge in [-0.1, -0.05) is 26.0 Å². The van der Waals surface area contributed by atoms with E-state index < -0.39 is 6.10 Å². The van der Waals surface area contributed by atoms with Crippen molar-refractivity contribution in [3.63, 3.8) is 0 Å². The first-order valence-corrected chi connectivity index (χ1v) is 6.32. The molecule has 0 aromatic heterocycles. The van der Waals surface area contributed by atoms with E-state index in [2.05, 4.69) is 19.2 Å². The Morgan fingerprint density at radius 1 is 1.28 bits per heavy atom. The van der Waals surface area contributed by atoms with Gasteiger partial charge in [-0.2, -0.15) is 0 Å². The molecule has 0 amide bonds. The lowest BCUT2D eigenvalue weighted by Crippen LogP contribution is -2.38. The lowest BCUT2D eigenvalue weighted by molar-refractivity contribution is 0.119. The quantitative estimate of drug-likeness (QED) is 0.776. The Kier molecular flexibility index (Phi) is 6.25. The van der Waals surface area contributed by atoms with Crippen LogP contribution in [0, 0.1) is 5.82 Å². The standard InChI is InChI=1S/C14H23FN2O/c1-11(2)16-8-14(18)10-17(3)9-12-4-6-13(15)7-5-12/h4-7,11,14,16,18H,8-10H2,1-3H3. The van der Waals surface area contributed by atoms with Gasteiger partial charge in [0.2, 0.25) is 0 Å². The van der Waals surface area contributed by atoms with E-state index in [0.717, 1.165) is 5.56 Å². The lowest BCUT2D eigenvalue weighted by atomic mass is 10.2. The molecule has 1 aromatic carbocycles. The second-order valence-electron chi connectivity index (χ2n) is 5.04. The Labute approximate surface area is 109 Å². The lowest BCUT2D eigenvalue weighted by Gasteiger charge is -2.21. The van der Waals surface area contributed by atoms with Gasteiger partial charge in [0, 0.05) is 25.7 Å². The van der Waals surface area contributed by atoms with Gasteiger partial charge >= 0.3 is 0 Å². The van der Waals surface area contributed by atoms with Crippen LogP contribution in [0.5, 0.6) is 0 Å². The topological polar surface area (TPSA) is 35.5 Å². The zero-order valence-electron chi connectivity index (χ0n) is 11.4. The van der Waals surface area contributed by atoms with Crippen LogP contribution in [0.4, 0.5) is 4.39 Å². The van der Waals surface area contributed by atoms with E-state index in [9.17, 15) is 9.50 Å². The summed E-state index contributed by atoms with van der Waals surface area (Å²) in [7, 11) is 1.95. The van der Waals surface area contributed by atoms with Crippen molar-refractivity contribution in [3.05, 3.63) is 35.6 Å². The zero-order valence-corrected chi connectivity index (χ0v) is 11.4. The van der Waals surface area contributed by atoms with Crippen LogP contribution in [-0.2, 0) is 6.54 Å². The van der Waals surface area contributed by atoms with Gasteiger partial charge in [0.25, 0.3) is 0 Å². The van der Waals surface area contributed by atoms with E-state index >= 15 is 0 Å². The Hall–Kier alpha value is -0.970. The molecule has 2 N–H and O–H groups in total. The molecule has 0 aliphatic heterocycles. The van der Waals surface area contributed by atoms with Gasteiger partial charge in [0.1, 0.15) is 5.82 Å². The minimum Gasteiger partial charge on any atom is -0.390 e. The minimum atomic E-state index is -0.391. The number of halogens is 1. The molecule has 0 fully saturated rings. The summed E-state index contributed by atoms with van der Waals surface area (Å²) >= 11 is 0. The fourth-order valence-electron chi connectivity index (χ4n) is 1.76. The van der Waals surface area contributed by atoms with E-state index in [0.29, 0.717) is 25.7 Å². The van der Waals surface area contributed by atoms with Crippen molar-refractivity contribution in [1.82, 2.24) is 10.2 Å². The molecule has 1 atom stereocenters. The predicted molar refractivity (Wildman–Crippen MR) is 71.9 cm³/mol. The molecule has 0 spiro atoms. The average Bonchev–Trinajstić information content (AvgIpc) is 2.29. The summed E-state index contributed by atoms with van der Waals surface area (Å²) in [6, 6.07) is 6.83. The molecule has 1 aromatic rings. The van der Waals surface area contributed by atoms with Crippen LogP contribution in [0.2, 0.25) is 0 Å². The summed E-state index contributed by atoms with van der Waals surface area (Å²) in [5.74, 6) is -0.220. The highest BCUT2D eigenvalue weighted by Gasteiger charge is 2.09. The molecule has 0 radical (unpaired) electrons. The van der Waals surface area contributed by atoms with Gasteiger partial charge in [-0.3, -0.25) is 4.90 Å². The third-order valence-electron chi connectivity index (χ3n) is 2.65. The monoisotopic (exact) mass is 254 g/mol. The highest BCUT2D eigenvalue weighted by molar-refractivity contribution is 5.15. The Balaban J connectivity index is 2.32. The van der Waals surface area contributed by atoms with Crippen molar-refractivity contribution in [2.75, 3.05) is 20.1 Å². The number of likely N-dealkylation sites (N-methyl/N-ethyl adjacent to an activating group) is 1. The molecule has 0 saturated heterocycles. The summed E-state index contributed by atoms with van der Waals surface area (Å²) in [5, 5.41) is 13.0. The van der Waals surface area contributed by atoms with E-state index in [1.165, 1.54) is 12.1 Å². The van der Waals surface area contributed by atoms with Crippen LogP contribution in [0.15, 0.2) is 24.3 Å². The van der Waals surface area contributed by atoms with Gasteiger partial charge in [0.05, 0.1) is 6.10 Å². The normalized spacial score (nSPS) is 13.3. The van der Waals surface area contributed by atoms with Crippen molar-refractivity contribution in [2.45, 2.75) is 32.5 Å². The van der Waals surface area contributed by atoms with Gasteiger partial charge in [-0.15, -0.1) is 0 Å². The average molecular weight is 254 g/mol. The first kappa shape index (κ1) is 15.1. The highest BCUT2D eigenvalue weighted by Crippen LogP contribution is 2.05. The van der Waals surface area contributed by atoms with E-state index in [-0.39, 0.29) is 5.82 Å². The maximum absolute atomic E-state index is 12.7. The molecule has 0 aliphatic carbocycles. The summed E-state index contributed by atoms with van der Waals surface area (Å²) in [6.45, 7) is 5.99. The number of aliphatic hydroxyl groups excluding tert-OH is 1. The van der Waals surface area contributed by atoms with Gasteiger partial charge in [-0.05, 0) is 24.7 Å². The van der Waals surface area contributed by atoms with Crippen LogP contribution in [0.3, 0.4) is 0 Å². The Morgan fingerprint density at radius 3 is 2.44 bits per heavy atom. The van der Waals surface area contributed by atoms with Crippen molar-refractivity contribution in [1.29, 1.82) is 0 Å². The van der Waals surface area contributed by atoms with Gasteiger partial charge in [0.15, 0.2) is 0 Å². The first-order chi connectivity index (χ1) is 8.47. The fourth-order valence-corrected chi connectivity index (χ4v) is 1.76. The van der Waals surface area contributed by atoms with Crippen molar-refractivity contribution < 1.29 is 9.50 Å². The zero-order chi connectivity index (χ0) is 13.5. The van der Waals surface area contributed by atoms with Crippen LogP contribution >= 0.6 is 0 Å². The predicted octanol–water partition coefficient (Wildman–Crippen LogP) is 1.62. The molecule has 1 unspecified atom stereocenters. The third-order valence-corrected chi connectivity index (χ3v) is 2.65. The number of nitrogens with one attached hydrogen (secondary N) is 1. The van der Waals surface area contributed by atoms with Crippen molar-refractivity contribution >= 4 is 0 Å². The second kappa shape index (κ2) is 7.46. The smallest absolute Gasteiger partial charge is 0.123 e. The maximum Gasteiger partial charge on any atom is 0.123 e. The van der Waals surface area contributed by atoms with Crippen LogP contribution in [0.25, 0.3) is 0 Å². The fraction of sp³-hybridized carbons (Fsp3) is 0.571. The molecule has 0 heterocycles.